The van der Waals surface area contributed by atoms with Crippen LogP contribution in [0.5, 0.6) is 0 Å². The minimum atomic E-state index is -0.396. The molecule has 118 valence electrons. The molecule has 4 nitrogen and oxygen atoms in total. The highest BCUT2D eigenvalue weighted by Crippen LogP contribution is 2.37. The molecule has 2 aromatic rings. The first-order valence-corrected chi connectivity index (χ1v) is 8.50. The number of nitrogens with zero attached hydrogens (tertiary/aromatic N) is 1. The van der Waals surface area contributed by atoms with Gasteiger partial charge in [-0.2, -0.15) is 5.26 Å². The van der Waals surface area contributed by atoms with Gasteiger partial charge in [0, 0.05) is 17.6 Å². The molecular formula is C18H18N2O2S. The van der Waals surface area contributed by atoms with Gasteiger partial charge in [-0.1, -0.05) is 23.8 Å². The summed E-state index contributed by atoms with van der Waals surface area (Å²) in [6, 6.07) is 8.42. The molecule has 1 aromatic carbocycles. The first-order valence-electron chi connectivity index (χ1n) is 7.62. The van der Waals surface area contributed by atoms with E-state index in [2.05, 4.69) is 23.5 Å². The van der Waals surface area contributed by atoms with E-state index in [1.165, 1.54) is 11.3 Å². The average Bonchev–Trinajstić information content (AvgIpc) is 3.19. The van der Waals surface area contributed by atoms with Crippen molar-refractivity contribution < 1.29 is 9.53 Å². The van der Waals surface area contributed by atoms with Crippen molar-refractivity contribution in [3.8, 4) is 17.2 Å². The average molecular weight is 326 g/mol. The van der Waals surface area contributed by atoms with E-state index in [9.17, 15) is 10.1 Å². The normalized spacial score (nSPS) is 17.0. The Balaban J connectivity index is 1.92. The molecule has 1 aliphatic rings. The maximum absolute atomic E-state index is 12.2. The van der Waals surface area contributed by atoms with Crippen LogP contribution in [0.25, 0.3) is 11.1 Å². The predicted octanol–water partition coefficient (Wildman–Crippen LogP) is 4.02. The molecule has 1 N–H and O–H groups in total. The number of aryl methyl sites for hydroxylation is 2. The van der Waals surface area contributed by atoms with Gasteiger partial charge in [0.05, 0.1) is 5.56 Å². The van der Waals surface area contributed by atoms with Gasteiger partial charge in [0.2, 0.25) is 0 Å². The highest BCUT2D eigenvalue weighted by atomic mass is 32.1. The van der Waals surface area contributed by atoms with Crippen molar-refractivity contribution in [2.45, 2.75) is 32.8 Å². The molecule has 0 saturated carbocycles. The van der Waals surface area contributed by atoms with Gasteiger partial charge in [-0.3, -0.25) is 4.79 Å². The summed E-state index contributed by atoms with van der Waals surface area (Å²) < 4.78 is 5.40. The van der Waals surface area contributed by atoms with Crippen LogP contribution in [0, 0.1) is 25.2 Å². The molecule has 5 heteroatoms. The second-order valence-corrected chi connectivity index (χ2v) is 6.65. The fraction of sp³-hybridized carbons (Fsp3) is 0.333. The molecule has 1 amide bonds. The molecule has 3 rings (SSSR count). The highest BCUT2D eigenvalue weighted by Gasteiger charge is 2.25. The van der Waals surface area contributed by atoms with Crippen LogP contribution in [-0.4, -0.2) is 18.6 Å². The van der Waals surface area contributed by atoms with E-state index in [4.69, 9.17) is 4.74 Å². The molecule has 0 aliphatic carbocycles. The number of hydrogen-bond acceptors (Lipinski definition) is 4. The molecule has 1 aromatic heterocycles. The Morgan fingerprint density at radius 3 is 2.91 bits per heavy atom. The molecule has 0 radical (unpaired) electrons. The van der Waals surface area contributed by atoms with Gasteiger partial charge in [-0.25, -0.2) is 0 Å². The van der Waals surface area contributed by atoms with Crippen LogP contribution in [0.1, 0.15) is 29.5 Å². The Hall–Kier alpha value is -2.16. The summed E-state index contributed by atoms with van der Waals surface area (Å²) in [5.74, 6) is -0.159. The van der Waals surface area contributed by atoms with Gasteiger partial charge in [-0.05, 0) is 37.8 Å². The topological polar surface area (TPSA) is 62.1 Å². The lowest BCUT2D eigenvalue weighted by molar-refractivity contribution is -0.124. The van der Waals surface area contributed by atoms with E-state index >= 15 is 0 Å². The van der Waals surface area contributed by atoms with Crippen LogP contribution in [0.4, 0.5) is 5.00 Å². The molecule has 0 spiro atoms. The fourth-order valence-corrected chi connectivity index (χ4v) is 3.68. The van der Waals surface area contributed by atoms with Crippen LogP contribution in [0.3, 0.4) is 0 Å². The van der Waals surface area contributed by atoms with Gasteiger partial charge in [0.1, 0.15) is 17.2 Å². The number of carbonyl (C=O) groups excluding carboxylic acids is 1. The van der Waals surface area contributed by atoms with E-state index in [0.29, 0.717) is 17.2 Å². The van der Waals surface area contributed by atoms with Gasteiger partial charge in [0.25, 0.3) is 5.91 Å². The number of anilines is 1. The lowest BCUT2D eigenvalue weighted by Crippen LogP contribution is -2.26. The summed E-state index contributed by atoms with van der Waals surface area (Å²) >= 11 is 1.39. The van der Waals surface area contributed by atoms with Gasteiger partial charge in [-0.15, -0.1) is 11.3 Å². The maximum atomic E-state index is 12.2. The number of thiophene rings is 1. The molecular weight excluding hydrogens is 308 g/mol. The van der Waals surface area contributed by atoms with Crippen molar-refractivity contribution in [2.75, 3.05) is 11.9 Å². The van der Waals surface area contributed by atoms with E-state index in [1.54, 1.807) is 0 Å². The molecule has 0 unspecified atom stereocenters. The quantitative estimate of drug-likeness (QED) is 0.926. The first-order chi connectivity index (χ1) is 11.1. The zero-order chi connectivity index (χ0) is 16.4. The zero-order valence-corrected chi connectivity index (χ0v) is 14.0. The van der Waals surface area contributed by atoms with Crippen molar-refractivity contribution in [1.82, 2.24) is 0 Å². The van der Waals surface area contributed by atoms with Crippen molar-refractivity contribution in [3.05, 3.63) is 40.3 Å². The largest absolute Gasteiger partial charge is 0.368 e. The van der Waals surface area contributed by atoms with Crippen LogP contribution in [0.15, 0.2) is 23.6 Å². The van der Waals surface area contributed by atoms with Crippen LogP contribution in [-0.2, 0) is 9.53 Å². The molecule has 1 fully saturated rings. The second-order valence-electron chi connectivity index (χ2n) is 5.77. The minimum absolute atomic E-state index is 0.159. The lowest BCUT2D eigenvalue weighted by Gasteiger charge is -2.10. The van der Waals surface area contributed by atoms with Gasteiger partial charge in [0.15, 0.2) is 0 Å². The summed E-state index contributed by atoms with van der Waals surface area (Å²) in [5.41, 5.74) is 4.69. The number of rotatable bonds is 3. The summed E-state index contributed by atoms with van der Waals surface area (Å²) in [6.07, 6.45) is 1.25. The number of nitrogens with one attached hydrogen (secondary N) is 1. The second kappa shape index (κ2) is 6.53. The third-order valence-electron chi connectivity index (χ3n) is 4.04. The van der Waals surface area contributed by atoms with Gasteiger partial charge < -0.3 is 10.1 Å². The summed E-state index contributed by atoms with van der Waals surface area (Å²) in [7, 11) is 0. The summed E-state index contributed by atoms with van der Waals surface area (Å²) in [5, 5.41) is 15.0. The Labute approximate surface area is 139 Å². The number of amides is 1. The Kier molecular flexibility index (Phi) is 4.46. The van der Waals surface area contributed by atoms with Crippen LogP contribution < -0.4 is 5.32 Å². The molecule has 1 atom stereocenters. The molecule has 23 heavy (non-hydrogen) atoms. The first kappa shape index (κ1) is 15.7. The summed E-state index contributed by atoms with van der Waals surface area (Å²) in [4.78, 5) is 12.2. The van der Waals surface area contributed by atoms with Crippen LogP contribution >= 0.6 is 11.3 Å². The van der Waals surface area contributed by atoms with Crippen LogP contribution in [0.2, 0.25) is 0 Å². The number of nitriles is 1. The maximum Gasteiger partial charge on any atom is 0.254 e. The molecule has 2 heterocycles. The SMILES string of the molecule is Cc1ccc(C)c(-c2csc(NC(=O)[C@@H]3CCCO3)c2C#N)c1. The fourth-order valence-electron chi connectivity index (χ4n) is 2.76. The standard InChI is InChI=1S/C18H18N2O2S/c1-11-5-6-12(2)13(8-11)15-10-23-18(14(15)9-19)20-17(21)16-4-3-7-22-16/h5-6,8,10,16H,3-4,7H2,1-2H3,(H,20,21)/t16-/m0/s1. The highest BCUT2D eigenvalue weighted by molar-refractivity contribution is 7.15. The Morgan fingerprint density at radius 2 is 2.22 bits per heavy atom. The number of ether oxygens (including phenoxy) is 1. The molecule has 1 aliphatic heterocycles. The zero-order valence-electron chi connectivity index (χ0n) is 13.2. The van der Waals surface area contributed by atoms with Crippen molar-refractivity contribution in [1.29, 1.82) is 5.26 Å². The molecule has 0 bridgehead atoms. The van der Waals surface area contributed by atoms with Crippen molar-refractivity contribution in [2.24, 2.45) is 0 Å². The lowest BCUT2D eigenvalue weighted by atomic mass is 9.98. The van der Waals surface area contributed by atoms with Crippen molar-refractivity contribution in [3.63, 3.8) is 0 Å². The number of hydrogen-bond donors (Lipinski definition) is 1. The summed E-state index contributed by atoms with van der Waals surface area (Å²) in [6.45, 7) is 4.68. The van der Waals surface area contributed by atoms with E-state index in [1.807, 2.05) is 25.3 Å². The monoisotopic (exact) mass is 326 g/mol. The Bertz CT molecular complexity index is 783. The molecule has 1 saturated heterocycles. The van der Waals surface area contributed by atoms with Gasteiger partial charge >= 0.3 is 0 Å². The number of benzene rings is 1. The third kappa shape index (κ3) is 3.14. The third-order valence-corrected chi connectivity index (χ3v) is 4.94. The van der Waals surface area contributed by atoms with Crippen molar-refractivity contribution >= 4 is 22.2 Å². The smallest absolute Gasteiger partial charge is 0.254 e. The van der Waals surface area contributed by atoms with E-state index in [-0.39, 0.29) is 5.91 Å². The van der Waals surface area contributed by atoms with E-state index < -0.39 is 6.10 Å². The Morgan fingerprint density at radius 1 is 1.39 bits per heavy atom. The minimum Gasteiger partial charge on any atom is -0.368 e. The predicted molar refractivity (Wildman–Crippen MR) is 91.5 cm³/mol. The van der Waals surface area contributed by atoms with E-state index in [0.717, 1.165) is 35.1 Å². The number of carbonyl (C=O) groups is 1.